The van der Waals surface area contributed by atoms with Crippen molar-refractivity contribution in [3.63, 3.8) is 0 Å². The third-order valence-electron chi connectivity index (χ3n) is 4.00. The van der Waals surface area contributed by atoms with E-state index in [1.165, 1.54) is 5.56 Å². The minimum Gasteiger partial charge on any atom is -0.354 e. The van der Waals surface area contributed by atoms with Gasteiger partial charge in [0, 0.05) is 24.6 Å². The van der Waals surface area contributed by atoms with Crippen LogP contribution in [0.15, 0.2) is 70.3 Å². The molecule has 2 aromatic carbocycles. The normalized spacial score (nSPS) is 14.1. The molecule has 0 fully saturated rings. The summed E-state index contributed by atoms with van der Waals surface area (Å²) in [6.45, 7) is 2.95. The van der Waals surface area contributed by atoms with Crippen LogP contribution in [-0.4, -0.2) is 17.4 Å². The molecule has 0 amide bonds. The molecule has 23 heavy (non-hydrogen) atoms. The minimum absolute atomic E-state index is 0.749. The zero-order chi connectivity index (χ0) is 15.6. The maximum absolute atomic E-state index is 5.50. The van der Waals surface area contributed by atoms with E-state index in [4.69, 9.17) is 4.52 Å². The molecule has 114 valence electrons. The molecule has 0 aliphatic carbocycles. The van der Waals surface area contributed by atoms with Crippen molar-refractivity contribution in [3.8, 4) is 11.3 Å². The molecule has 0 spiro atoms. The van der Waals surface area contributed by atoms with Gasteiger partial charge in [0.15, 0.2) is 5.76 Å². The lowest BCUT2D eigenvalue weighted by molar-refractivity contribution is 0.415. The van der Waals surface area contributed by atoms with E-state index in [1.54, 1.807) is 0 Å². The predicted molar refractivity (Wildman–Crippen MR) is 91.6 cm³/mol. The summed E-state index contributed by atoms with van der Waals surface area (Å²) >= 11 is 0. The summed E-state index contributed by atoms with van der Waals surface area (Å²) in [5, 5.41) is 10.9. The zero-order valence-electron chi connectivity index (χ0n) is 12.9. The molecule has 4 rings (SSSR count). The van der Waals surface area contributed by atoms with E-state index in [0.717, 1.165) is 41.4 Å². The highest BCUT2D eigenvalue weighted by Crippen LogP contribution is 2.24. The van der Waals surface area contributed by atoms with E-state index in [9.17, 15) is 0 Å². The summed E-state index contributed by atoms with van der Waals surface area (Å²) in [6, 6.07) is 20.4. The van der Waals surface area contributed by atoms with E-state index < -0.39 is 0 Å². The van der Waals surface area contributed by atoms with Gasteiger partial charge in [-0.3, -0.25) is 5.01 Å². The second kappa shape index (κ2) is 5.72. The van der Waals surface area contributed by atoms with Gasteiger partial charge in [-0.05, 0) is 19.1 Å². The highest BCUT2D eigenvalue weighted by Gasteiger charge is 2.21. The average Bonchev–Trinajstić information content (AvgIpc) is 3.26. The molecule has 0 bridgehead atoms. The highest BCUT2D eigenvalue weighted by atomic mass is 16.5. The molecular weight excluding hydrogens is 286 g/mol. The van der Waals surface area contributed by atoms with Crippen molar-refractivity contribution in [1.82, 2.24) is 5.16 Å². The molecule has 0 saturated heterocycles. The Kier molecular flexibility index (Phi) is 3.42. The summed E-state index contributed by atoms with van der Waals surface area (Å²) in [5.74, 6) is 0.749. The van der Waals surface area contributed by atoms with Crippen LogP contribution >= 0.6 is 0 Å². The monoisotopic (exact) mass is 303 g/mol. The molecule has 1 aliphatic heterocycles. The van der Waals surface area contributed by atoms with Crippen molar-refractivity contribution in [2.45, 2.75) is 13.3 Å². The van der Waals surface area contributed by atoms with Gasteiger partial charge in [0.2, 0.25) is 0 Å². The topological polar surface area (TPSA) is 41.6 Å². The average molecular weight is 303 g/mol. The molecule has 0 N–H and O–H groups in total. The Balaban J connectivity index is 1.58. The van der Waals surface area contributed by atoms with Crippen molar-refractivity contribution in [1.29, 1.82) is 0 Å². The molecule has 1 aromatic heterocycles. The maximum Gasteiger partial charge on any atom is 0.183 e. The number of anilines is 1. The van der Waals surface area contributed by atoms with Crippen LogP contribution < -0.4 is 5.01 Å². The third kappa shape index (κ3) is 2.75. The van der Waals surface area contributed by atoms with E-state index in [1.807, 2.05) is 41.4 Å². The molecule has 0 atom stereocenters. The number of nitrogens with zero attached hydrogens (tertiary/aromatic N) is 3. The van der Waals surface area contributed by atoms with Crippen LogP contribution in [0.25, 0.3) is 11.3 Å². The van der Waals surface area contributed by atoms with Gasteiger partial charge in [0.25, 0.3) is 0 Å². The van der Waals surface area contributed by atoms with Crippen LogP contribution in [0.4, 0.5) is 5.69 Å². The SMILES string of the molecule is Cc1ccc(N2CCC(c3cc(-c4ccccc4)no3)=N2)cc1. The number of benzene rings is 2. The standard InChI is InChI=1S/C19H17N3O/c1-14-7-9-16(10-8-14)22-12-11-17(20-22)19-13-18(21-23-19)15-5-3-2-4-6-15/h2-10,13H,11-12H2,1H3. The fourth-order valence-corrected chi connectivity index (χ4v) is 2.69. The Morgan fingerprint density at radius 1 is 1.00 bits per heavy atom. The summed E-state index contributed by atoms with van der Waals surface area (Å²) in [6.07, 6.45) is 0.858. The van der Waals surface area contributed by atoms with E-state index in [0.29, 0.717) is 0 Å². The molecule has 0 saturated carbocycles. The van der Waals surface area contributed by atoms with Crippen LogP contribution in [0.3, 0.4) is 0 Å². The van der Waals surface area contributed by atoms with Gasteiger partial charge >= 0.3 is 0 Å². The molecule has 3 aromatic rings. The molecule has 1 aliphatic rings. The number of hydrazone groups is 1. The summed E-state index contributed by atoms with van der Waals surface area (Å²) in [4.78, 5) is 0. The fourth-order valence-electron chi connectivity index (χ4n) is 2.69. The van der Waals surface area contributed by atoms with E-state index in [2.05, 4.69) is 41.4 Å². The first-order valence-electron chi connectivity index (χ1n) is 7.74. The number of aryl methyl sites for hydroxylation is 1. The Morgan fingerprint density at radius 3 is 2.57 bits per heavy atom. The molecule has 2 heterocycles. The second-order valence-electron chi connectivity index (χ2n) is 5.70. The van der Waals surface area contributed by atoms with E-state index in [-0.39, 0.29) is 0 Å². The predicted octanol–water partition coefficient (Wildman–Crippen LogP) is 4.26. The second-order valence-corrected chi connectivity index (χ2v) is 5.70. The van der Waals surface area contributed by atoms with Gasteiger partial charge in [0.1, 0.15) is 11.4 Å². The van der Waals surface area contributed by atoms with Gasteiger partial charge in [-0.15, -0.1) is 0 Å². The lowest BCUT2D eigenvalue weighted by Crippen LogP contribution is -2.11. The van der Waals surface area contributed by atoms with Gasteiger partial charge in [0.05, 0.1) is 5.69 Å². The van der Waals surface area contributed by atoms with Gasteiger partial charge in [-0.2, -0.15) is 5.10 Å². The number of hydrogen-bond donors (Lipinski definition) is 0. The van der Waals surface area contributed by atoms with Crippen LogP contribution in [0.1, 0.15) is 17.7 Å². The van der Waals surface area contributed by atoms with Crippen molar-refractivity contribution < 1.29 is 4.52 Å². The van der Waals surface area contributed by atoms with Crippen LogP contribution in [0.2, 0.25) is 0 Å². The van der Waals surface area contributed by atoms with Crippen LogP contribution in [0.5, 0.6) is 0 Å². The smallest absolute Gasteiger partial charge is 0.183 e. The maximum atomic E-state index is 5.50. The van der Waals surface area contributed by atoms with E-state index >= 15 is 0 Å². The van der Waals surface area contributed by atoms with Crippen LogP contribution in [0, 0.1) is 6.92 Å². The first kappa shape index (κ1) is 13.8. The summed E-state index contributed by atoms with van der Waals surface area (Å²) < 4.78 is 5.50. The Bertz CT molecular complexity index is 835. The minimum atomic E-state index is 0.749. The molecule has 4 heteroatoms. The Hall–Kier alpha value is -2.88. The first-order chi connectivity index (χ1) is 11.3. The largest absolute Gasteiger partial charge is 0.354 e. The van der Waals surface area contributed by atoms with Crippen molar-refractivity contribution in [3.05, 3.63) is 72.0 Å². The van der Waals surface area contributed by atoms with Crippen LogP contribution in [-0.2, 0) is 0 Å². The summed E-state index contributed by atoms with van der Waals surface area (Å²) in [5.41, 5.74) is 5.20. The summed E-state index contributed by atoms with van der Waals surface area (Å²) in [7, 11) is 0. The number of aromatic nitrogens is 1. The Labute approximate surface area is 135 Å². The first-order valence-corrected chi connectivity index (χ1v) is 7.74. The van der Waals surface area contributed by atoms with Gasteiger partial charge in [-0.25, -0.2) is 0 Å². The van der Waals surface area contributed by atoms with Gasteiger partial charge in [-0.1, -0.05) is 53.2 Å². The molecule has 4 nitrogen and oxygen atoms in total. The van der Waals surface area contributed by atoms with Crippen molar-refractivity contribution in [2.75, 3.05) is 11.6 Å². The molecular formula is C19H17N3O. The van der Waals surface area contributed by atoms with Crippen molar-refractivity contribution in [2.24, 2.45) is 5.10 Å². The highest BCUT2D eigenvalue weighted by molar-refractivity contribution is 6.01. The third-order valence-corrected chi connectivity index (χ3v) is 4.00. The van der Waals surface area contributed by atoms with Crippen molar-refractivity contribution >= 4 is 11.4 Å². The molecule has 0 radical (unpaired) electrons. The number of rotatable bonds is 3. The Morgan fingerprint density at radius 2 is 1.78 bits per heavy atom. The zero-order valence-corrected chi connectivity index (χ0v) is 12.9. The molecule has 0 unspecified atom stereocenters. The number of hydrogen-bond acceptors (Lipinski definition) is 4. The van der Waals surface area contributed by atoms with Gasteiger partial charge < -0.3 is 4.52 Å². The quantitative estimate of drug-likeness (QED) is 0.726. The fraction of sp³-hybridized carbons (Fsp3) is 0.158. The lowest BCUT2D eigenvalue weighted by Gasteiger charge is -2.13. The lowest BCUT2D eigenvalue weighted by atomic mass is 10.1.